The van der Waals surface area contributed by atoms with Crippen LogP contribution in [0.5, 0.6) is 0 Å². The van der Waals surface area contributed by atoms with E-state index in [0.717, 1.165) is 28.0 Å². The number of aryl methyl sites for hydroxylation is 2. The standard InChI is InChI=1S/C30H31N9O2/c1-19-23-13-12-22(18-26(23)37-39(19)3)38(2)27-14-16-33-30(36-27)34-21-10-8-20(9-11-21)29(41)32-17-15-28(40)35-25-7-5-4-6-24(25)31/h4-14,16,18H,15,17,31H2,1-3H3,(H,32,41)(H,35,40)(H,33,34,36). The summed E-state index contributed by atoms with van der Waals surface area (Å²) in [5.74, 6) is 0.627. The molecule has 0 unspecified atom stereocenters. The molecule has 5 N–H and O–H groups in total. The lowest BCUT2D eigenvalue weighted by atomic mass is 10.2. The van der Waals surface area contributed by atoms with Crippen molar-refractivity contribution in [3.8, 4) is 0 Å². The first-order valence-electron chi connectivity index (χ1n) is 13.1. The molecule has 11 heteroatoms. The Labute approximate surface area is 237 Å². The summed E-state index contributed by atoms with van der Waals surface area (Å²) in [6, 6.07) is 21.9. The lowest BCUT2D eigenvalue weighted by molar-refractivity contribution is -0.116. The highest BCUT2D eigenvalue weighted by Gasteiger charge is 2.12. The molecule has 0 spiro atoms. The number of rotatable bonds is 9. The van der Waals surface area contributed by atoms with Crippen LogP contribution in [-0.4, -0.2) is 45.2 Å². The van der Waals surface area contributed by atoms with E-state index in [1.165, 1.54) is 0 Å². The van der Waals surface area contributed by atoms with Crippen molar-refractivity contribution in [2.24, 2.45) is 7.05 Å². The second-order valence-electron chi connectivity index (χ2n) is 9.55. The lowest BCUT2D eigenvalue weighted by Crippen LogP contribution is -2.27. The third-order valence-corrected chi connectivity index (χ3v) is 6.76. The van der Waals surface area contributed by atoms with Gasteiger partial charge in [-0.15, -0.1) is 0 Å². The quantitative estimate of drug-likeness (QED) is 0.197. The first-order chi connectivity index (χ1) is 19.8. The molecule has 0 fully saturated rings. The maximum absolute atomic E-state index is 12.5. The van der Waals surface area contributed by atoms with Gasteiger partial charge in [-0.2, -0.15) is 10.1 Å². The Kier molecular flexibility index (Phi) is 7.77. The number of nitrogens with one attached hydrogen (secondary N) is 3. The number of para-hydroxylation sites is 2. The number of hydrogen-bond acceptors (Lipinski definition) is 8. The van der Waals surface area contributed by atoms with Crippen molar-refractivity contribution in [2.75, 3.05) is 34.9 Å². The number of hydrogen-bond donors (Lipinski definition) is 4. The van der Waals surface area contributed by atoms with Gasteiger partial charge in [-0.25, -0.2) is 4.98 Å². The van der Waals surface area contributed by atoms with Crippen LogP contribution in [0.15, 0.2) is 79.0 Å². The Balaban J connectivity index is 1.16. The highest BCUT2D eigenvalue weighted by Crippen LogP contribution is 2.27. The minimum Gasteiger partial charge on any atom is -0.397 e. The second-order valence-corrected chi connectivity index (χ2v) is 9.55. The molecule has 0 aliphatic carbocycles. The summed E-state index contributed by atoms with van der Waals surface area (Å²) in [7, 11) is 3.88. The van der Waals surface area contributed by atoms with Crippen molar-refractivity contribution in [2.45, 2.75) is 13.3 Å². The molecule has 208 valence electrons. The number of benzene rings is 3. The van der Waals surface area contributed by atoms with Gasteiger partial charge in [0.2, 0.25) is 11.9 Å². The van der Waals surface area contributed by atoms with E-state index in [9.17, 15) is 9.59 Å². The highest BCUT2D eigenvalue weighted by atomic mass is 16.2. The normalized spacial score (nSPS) is 10.8. The average Bonchev–Trinajstić information content (AvgIpc) is 3.26. The van der Waals surface area contributed by atoms with Gasteiger partial charge in [0, 0.05) is 61.3 Å². The molecule has 2 amide bonds. The van der Waals surface area contributed by atoms with Crippen LogP contribution in [0.25, 0.3) is 10.9 Å². The molecule has 0 atom stereocenters. The molecule has 0 aliphatic heterocycles. The number of aromatic nitrogens is 4. The van der Waals surface area contributed by atoms with Crippen LogP contribution in [0.3, 0.4) is 0 Å². The smallest absolute Gasteiger partial charge is 0.251 e. The zero-order valence-electron chi connectivity index (χ0n) is 23.0. The maximum Gasteiger partial charge on any atom is 0.251 e. The number of nitrogen functional groups attached to an aromatic ring is 1. The number of amides is 2. The maximum atomic E-state index is 12.5. The monoisotopic (exact) mass is 549 g/mol. The second kappa shape index (κ2) is 11.7. The molecule has 0 saturated heterocycles. The number of nitrogens with zero attached hydrogens (tertiary/aromatic N) is 5. The van der Waals surface area contributed by atoms with Crippen LogP contribution in [0.4, 0.5) is 34.5 Å². The summed E-state index contributed by atoms with van der Waals surface area (Å²) < 4.78 is 1.87. The van der Waals surface area contributed by atoms with Crippen LogP contribution in [0.2, 0.25) is 0 Å². The van der Waals surface area contributed by atoms with Crippen molar-refractivity contribution >= 4 is 57.2 Å². The fraction of sp³-hybridized carbons (Fsp3) is 0.167. The molecule has 0 saturated carbocycles. The van der Waals surface area contributed by atoms with Crippen molar-refractivity contribution in [1.29, 1.82) is 0 Å². The van der Waals surface area contributed by atoms with E-state index < -0.39 is 0 Å². The molecule has 2 aromatic heterocycles. The summed E-state index contributed by atoms with van der Waals surface area (Å²) in [5.41, 5.74) is 11.1. The Morgan fingerprint density at radius 2 is 1.80 bits per heavy atom. The molecule has 11 nitrogen and oxygen atoms in total. The lowest BCUT2D eigenvalue weighted by Gasteiger charge is -2.19. The van der Waals surface area contributed by atoms with Crippen LogP contribution in [-0.2, 0) is 11.8 Å². The van der Waals surface area contributed by atoms with Crippen LogP contribution >= 0.6 is 0 Å². The van der Waals surface area contributed by atoms with Gasteiger partial charge in [0.1, 0.15) is 5.82 Å². The predicted molar refractivity (Wildman–Crippen MR) is 162 cm³/mol. The molecule has 0 radical (unpaired) electrons. The molecule has 5 rings (SSSR count). The number of nitrogens with two attached hydrogens (primary N) is 1. The summed E-state index contributed by atoms with van der Waals surface area (Å²) in [6.07, 6.45) is 1.81. The SMILES string of the molecule is Cc1c2ccc(N(C)c3ccnc(Nc4ccc(C(=O)NCCC(=O)Nc5ccccc5N)cc4)n3)cc2nn1C. The Morgan fingerprint density at radius 3 is 2.59 bits per heavy atom. The van der Waals surface area contributed by atoms with Gasteiger partial charge < -0.3 is 26.6 Å². The third-order valence-electron chi connectivity index (χ3n) is 6.76. The number of carbonyl (C=O) groups is 2. The van der Waals surface area contributed by atoms with Gasteiger partial charge in [0.15, 0.2) is 0 Å². The van der Waals surface area contributed by atoms with Crippen LogP contribution in [0.1, 0.15) is 22.5 Å². The Bertz CT molecular complexity index is 1710. The van der Waals surface area contributed by atoms with E-state index in [1.54, 1.807) is 54.7 Å². The summed E-state index contributed by atoms with van der Waals surface area (Å²) in [4.78, 5) is 35.7. The molecular weight excluding hydrogens is 518 g/mol. The molecular formula is C30H31N9O2. The first kappa shape index (κ1) is 27.1. The van der Waals surface area contributed by atoms with Crippen LogP contribution < -0.4 is 26.6 Å². The summed E-state index contributed by atoms with van der Waals surface area (Å²) in [5, 5.41) is 14.4. The van der Waals surface area contributed by atoms with Crippen molar-refractivity contribution in [3.05, 3.63) is 90.3 Å². The van der Waals surface area contributed by atoms with Gasteiger partial charge in [-0.05, 0) is 67.6 Å². The predicted octanol–water partition coefficient (Wildman–Crippen LogP) is 4.52. The van der Waals surface area contributed by atoms with Gasteiger partial charge in [0.05, 0.1) is 16.9 Å². The fourth-order valence-electron chi connectivity index (χ4n) is 4.31. The van der Waals surface area contributed by atoms with Gasteiger partial charge in [-0.3, -0.25) is 14.3 Å². The average molecular weight is 550 g/mol. The van der Waals surface area contributed by atoms with Gasteiger partial charge in [0.25, 0.3) is 5.91 Å². The molecule has 5 aromatic rings. The minimum atomic E-state index is -0.275. The minimum absolute atomic E-state index is 0.122. The zero-order chi connectivity index (χ0) is 28.9. The zero-order valence-corrected chi connectivity index (χ0v) is 23.0. The molecule has 3 aromatic carbocycles. The van der Waals surface area contributed by atoms with Crippen molar-refractivity contribution in [3.63, 3.8) is 0 Å². The number of anilines is 6. The number of carbonyl (C=O) groups excluding carboxylic acids is 2. The Hall–Kier alpha value is -5.45. The topological polar surface area (TPSA) is 143 Å². The van der Waals surface area contributed by atoms with E-state index in [-0.39, 0.29) is 24.8 Å². The molecule has 41 heavy (non-hydrogen) atoms. The largest absolute Gasteiger partial charge is 0.397 e. The molecule has 2 heterocycles. The van der Waals surface area contributed by atoms with Crippen molar-refractivity contribution in [1.82, 2.24) is 25.1 Å². The van der Waals surface area contributed by atoms with E-state index in [0.29, 0.717) is 28.7 Å². The van der Waals surface area contributed by atoms with Gasteiger partial charge in [-0.1, -0.05) is 12.1 Å². The van der Waals surface area contributed by atoms with Gasteiger partial charge >= 0.3 is 0 Å². The van der Waals surface area contributed by atoms with E-state index in [1.807, 2.05) is 48.8 Å². The van der Waals surface area contributed by atoms with Crippen LogP contribution in [0, 0.1) is 6.92 Å². The highest BCUT2D eigenvalue weighted by molar-refractivity contribution is 5.96. The molecule has 0 bridgehead atoms. The fourth-order valence-corrected chi connectivity index (χ4v) is 4.31. The summed E-state index contributed by atoms with van der Waals surface area (Å²) in [6.45, 7) is 2.24. The van der Waals surface area contributed by atoms with E-state index >= 15 is 0 Å². The van der Waals surface area contributed by atoms with Crippen molar-refractivity contribution < 1.29 is 9.59 Å². The van der Waals surface area contributed by atoms with E-state index in [4.69, 9.17) is 5.73 Å². The third kappa shape index (κ3) is 6.25. The van der Waals surface area contributed by atoms with E-state index in [2.05, 4.69) is 37.1 Å². The molecule has 0 aliphatic rings. The summed E-state index contributed by atoms with van der Waals surface area (Å²) >= 11 is 0. The Morgan fingerprint density at radius 1 is 1.02 bits per heavy atom. The first-order valence-corrected chi connectivity index (χ1v) is 13.1. The number of fused-ring (bicyclic) bond motifs is 1.